The Balaban J connectivity index is 1.32. The molecule has 1 saturated carbocycles. The average Bonchev–Trinajstić information content (AvgIpc) is 2.93. The lowest BCUT2D eigenvalue weighted by Crippen LogP contribution is -2.47. The minimum absolute atomic E-state index is 0.0730. The quantitative estimate of drug-likeness (QED) is 0.809. The van der Waals surface area contributed by atoms with Gasteiger partial charge in [-0.15, -0.1) is 0 Å². The number of hydrogen-bond acceptors (Lipinski definition) is 2. The molecule has 0 radical (unpaired) electrons. The van der Waals surface area contributed by atoms with Crippen LogP contribution in [-0.4, -0.2) is 24.7 Å². The minimum atomic E-state index is 0.0730. The van der Waals surface area contributed by atoms with Gasteiger partial charge in [0.15, 0.2) is 0 Å². The predicted octanol–water partition coefficient (Wildman–Crippen LogP) is 4.96. The number of urea groups is 1. The molecule has 2 aromatic rings. The lowest BCUT2D eigenvalue weighted by atomic mass is 9.91. The standard InChI is InChI=1S/C23H29N3O/c27-23(26-17-7-6-9-18-8-4-5-12-22(18)26)25-21-15-13-20(14-16-21)24-19-10-2-1-3-11-19/h1-5,8,10-12,20-21,24H,6-7,9,13-17H2,(H,25,27). The highest BCUT2D eigenvalue weighted by Gasteiger charge is 2.26. The van der Waals surface area contributed by atoms with Crippen molar-refractivity contribution < 1.29 is 4.79 Å². The highest BCUT2D eigenvalue weighted by molar-refractivity contribution is 5.93. The van der Waals surface area contributed by atoms with Crippen LogP contribution in [0.1, 0.15) is 44.1 Å². The highest BCUT2D eigenvalue weighted by atomic mass is 16.2. The molecule has 4 heteroatoms. The fourth-order valence-electron chi connectivity index (χ4n) is 4.31. The Kier molecular flexibility index (Phi) is 5.61. The van der Waals surface area contributed by atoms with Crippen LogP contribution in [0.25, 0.3) is 0 Å². The zero-order valence-electron chi connectivity index (χ0n) is 15.9. The Morgan fingerprint density at radius 2 is 1.56 bits per heavy atom. The molecule has 0 unspecified atom stereocenters. The zero-order valence-corrected chi connectivity index (χ0v) is 15.9. The lowest BCUT2D eigenvalue weighted by Gasteiger charge is -2.32. The first-order valence-electron chi connectivity index (χ1n) is 10.3. The largest absolute Gasteiger partial charge is 0.382 e. The molecule has 27 heavy (non-hydrogen) atoms. The maximum absolute atomic E-state index is 13.0. The number of rotatable bonds is 3. The van der Waals surface area contributed by atoms with Crippen molar-refractivity contribution in [3.05, 3.63) is 60.2 Å². The second-order valence-electron chi connectivity index (χ2n) is 7.75. The number of carbonyl (C=O) groups is 1. The number of fused-ring (bicyclic) bond motifs is 1. The third kappa shape index (κ3) is 4.44. The lowest BCUT2D eigenvalue weighted by molar-refractivity contribution is 0.237. The molecule has 142 valence electrons. The van der Waals surface area contributed by atoms with Crippen molar-refractivity contribution in [1.29, 1.82) is 0 Å². The molecule has 0 spiro atoms. The van der Waals surface area contributed by atoms with E-state index < -0.39 is 0 Å². The fourth-order valence-corrected chi connectivity index (χ4v) is 4.31. The fraction of sp³-hybridized carbons (Fsp3) is 0.435. The Hall–Kier alpha value is -2.49. The van der Waals surface area contributed by atoms with Gasteiger partial charge in [-0.1, -0.05) is 36.4 Å². The first kappa shape index (κ1) is 17.9. The van der Waals surface area contributed by atoms with Gasteiger partial charge in [-0.2, -0.15) is 0 Å². The van der Waals surface area contributed by atoms with E-state index in [4.69, 9.17) is 0 Å². The van der Waals surface area contributed by atoms with Crippen molar-refractivity contribution >= 4 is 17.4 Å². The average molecular weight is 364 g/mol. The first-order valence-corrected chi connectivity index (χ1v) is 10.3. The summed E-state index contributed by atoms with van der Waals surface area (Å²) < 4.78 is 0. The molecule has 0 aromatic heterocycles. The van der Waals surface area contributed by atoms with Crippen molar-refractivity contribution in [2.24, 2.45) is 0 Å². The molecule has 1 aliphatic heterocycles. The second kappa shape index (κ2) is 8.47. The van der Waals surface area contributed by atoms with Crippen LogP contribution in [0.3, 0.4) is 0 Å². The molecule has 4 rings (SSSR count). The Labute approximate surface area is 162 Å². The molecule has 0 atom stereocenters. The van der Waals surface area contributed by atoms with Crippen LogP contribution < -0.4 is 15.5 Å². The van der Waals surface area contributed by atoms with E-state index in [0.717, 1.165) is 57.2 Å². The van der Waals surface area contributed by atoms with Crippen molar-refractivity contribution in [3.63, 3.8) is 0 Å². The number of anilines is 2. The normalized spacial score (nSPS) is 22.4. The van der Waals surface area contributed by atoms with Gasteiger partial charge in [-0.25, -0.2) is 4.79 Å². The molecular formula is C23H29N3O. The van der Waals surface area contributed by atoms with Gasteiger partial charge >= 0.3 is 6.03 Å². The summed E-state index contributed by atoms with van der Waals surface area (Å²) in [6.07, 6.45) is 7.54. The Morgan fingerprint density at radius 3 is 2.37 bits per heavy atom. The second-order valence-corrected chi connectivity index (χ2v) is 7.75. The van der Waals surface area contributed by atoms with Gasteiger partial charge in [0.25, 0.3) is 0 Å². The number of amides is 2. The zero-order chi connectivity index (χ0) is 18.5. The van der Waals surface area contributed by atoms with Crippen LogP contribution in [0.4, 0.5) is 16.2 Å². The van der Waals surface area contributed by atoms with Crippen LogP contribution >= 0.6 is 0 Å². The number of carbonyl (C=O) groups excluding carboxylic acids is 1. The van der Waals surface area contributed by atoms with E-state index in [9.17, 15) is 4.79 Å². The maximum Gasteiger partial charge on any atom is 0.322 e. The third-order valence-electron chi connectivity index (χ3n) is 5.80. The van der Waals surface area contributed by atoms with E-state index in [1.54, 1.807) is 0 Å². The van der Waals surface area contributed by atoms with E-state index in [1.807, 2.05) is 17.0 Å². The molecule has 2 N–H and O–H groups in total. The molecular weight excluding hydrogens is 334 g/mol. The SMILES string of the molecule is O=C(NC1CCC(Nc2ccccc2)CC1)N1CCCCc2ccccc21. The summed E-state index contributed by atoms with van der Waals surface area (Å²) in [5.41, 5.74) is 3.57. The summed E-state index contributed by atoms with van der Waals surface area (Å²) in [6, 6.07) is 19.6. The molecule has 2 aliphatic rings. The van der Waals surface area contributed by atoms with E-state index in [-0.39, 0.29) is 12.1 Å². The number of nitrogens with zero attached hydrogens (tertiary/aromatic N) is 1. The number of nitrogens with one attached hydrogen (secondary N) is 2. The van der Waals surface area contributed by atoms with Gasteiger partial charge < -0.3 is 10.6 Å². The number of hydrogen-bond donors (Lipinski definition) is 2. The monoisotopic (exact) mass is 363 g/mol. The van der Waals surface area contributed by atoms with Crippen LogP contribution in [0.15, 0.2) is 54.6 Å². The van der Waals surface area contributed by atoms with Crippen LogP contribution in [0, 0.1) is 0 Å². The van der Waals surface area contributed by atoms with E-state index in [2.05, 4.69) is 53.1 Å². The highest BCUT2D eigenvalue weighted by Crippen LogP contribution is 2.27. The molecule has 0 saturated heterocycles. The smallest absolute Gasteiger partial charge is 0.322 e. The maximum atomic E-state index is 13.0. The van der Waals surface area contributed by atoms with Gasteiger partial charge in [0, 0.05) is 30.0 Å². The topological polar surface area (TPSA) is 44.4 Å². The molecule has 1 aliphatic carbocycles. The molecule has 4 nitrogen and oxygen atoms in total. The predicted molar refractivity (Wildman–Crippen MR) is 111 cm³/mol. The van der Waals surface area contributed by atoms with E-state index in [0.29, 0.717) is 6.04 Å². The minimum Gasteiger partial charge on any atom is -0.382 e. The summed E-state index contributed by atoms with van der Waals surface area (Å²) in [4.78, 5) is 14.9. The summed E-state index contributed by atoms with van der Waals surface area (Å²) in [7, 11) is 0. The van der Waals surface area contributed by atoms with Crippen LogP contribution in [-0.2, 0) is 6.42 Å². The van der Waals surface area contributed by atoms with Gasteiger partial charge in [0.05, 0.1) is 0 Å². The number of para-hydroxylation sites is 2. The Bertz CT molecular complexity index is 753. The third-order valence-corrected chi connectivity index (χ3v) is 5.80. The molecule has 2 amide bonds. The van der Waals surface area contributed by atoms with Crippen molar-refractivity contribution in [3.8, 4) is 0 Å². The van der Waals surface area contributed by atoms with Gasteiger partial charge in [-0.3, -0.25) is 4.90 Å². The van der Waals surface area contributed by atoms with Gasteiger partial charge in [-0.05, 0) is 68.7 Å². The first-order chi connectivity index (χ1) is 13.3. The summed E-state index contributed by atoms with van der Waals surface area (Å²) in [5.74, 6) is 0. The summed E-state index contributed by atoms with van der Waals surface area (Å²) >= 11 is 0. The summed E-state index contributed by atoms with van der Waals surface area (Å²) in [6.45, 7) is 0.813. The van der Waals surface area contributed by atoms with E-state index in [1.165, 1.54) is 11.3 Å². The molecule has 1 heterocycles. The molecule has 0 bridgehead atoms. The molecule has 1 fully saturated rings. The van der Waals surface area contributed by atoms with Crippen molar-refractivity contribution in [1.82, 2.24) is 5.32 Å². The van der Waals surface area contributed by atoms with Crippen molar-refractivity contribution in [2.75, 3.05) is 16.8 Å². The van der Waals surface area contributed by atoms with Crippen LogP contribution in [0.2, 0.25) is 0 Å². The Morgan fingerprint density at radius 1 is 0.852 bits per heavy atom. The van der Waals surface area contributed by atoms with Crippen LogP contribution in [0.5, 0.6) is 0 Å². The summed E-state index contributed by atoms with van der Waals surface area (Å²) in [5, 5.41) is 6.92. The molecule has 2 aromatic carbocycles. The van der Waals surface area contributed by atoms with Crippen molar-refractivity contribution in [2.45, 2.75) is 57.0 Å². The van der Waals surface area contributed by atoms with Gasteiger partial charge in [0.2, 0.25) is 0 Å². The van der Waals surface area contributed by atoms with E-state index >= 15 is 0 Å². The number of benzene rings is 2. The van der Waals surface area contributed by atoms with Gasteiger partial charge in [0.1, 0.15) is 0 Å². The number of aryl methyl sites for hydroxylation is 1.